The van der Waals surface area contributed by atoms with E-state index in [2.05, 4.69) is 17.4 Å². The van der Waals surface area contributed by atoms with Gasteiger partial charge in [0.2, 0.25) is 5.91 Å². The molecule has 7 nitrogen and oxygen atoms in total. The van der Waals surface area contributed by atoms with Gasteiger partial charge >= 0.3 is 12.1 Å². The summed E-state index contributed by atoms with van der Waals surface area (Å²) in [5.74, 6) is -1.33. The fraction of sp³-hybridized carbons (Fsp3) is 0.400. The van der Waals surface area contributed by atoms with Crippen molar-refractivity contribution in [2.24, 2.45) is 0 Å². The van der Waals surface area contributed by atoms with Crippen molar-refractivity contribution in [1.29, 1.82) is 0 Å². The average Bonchev–Trinajstić information content (AvgIpc) is 3.08. The van der Waals surface area contributed by atoms with E-state index >= 15 is 0 Å². The van der Waals surface area contributed by atoms with Gasteiger partial charge in [-0.05, 0) is 41.5 Å². The van der Waals surface area contributed by atoms with Crippen LogP contribution in [0.2, 0.25) is 0 Å². The number of carboxylic acids is 1. The molecule has 4 rings (SSSR count). The number of hydrogen-bond acceptors (Lipinski definition) is 4. The van der Waals surface area contributed by atoms with Gasteiger partial charge in [-0.2, -0.15) is 0 Å². The number of fused-ring (bicyclic) bond motifs is 3. The van der Waals surface area contributed by atoms with Gasteiger partial charge in [0.25, 0.3) is 0 Å². The minimum Gasteiger partial charge on any atom is -0.481 e. The zero-order valence-electron chi connectivity index (χ0n) is 18.1. The summed E-state index contributed by atoms with van der Waals surface area (Å²) in [5.41, 5.74) is 4.47. The smallest absolute Gasteiger partial charge is 0.407 e. The number of carbonyl (C=O) groups excluding carboxylic acids is 2. The summed E-state index contributed by atoms with van der Waals surface area (Å²) >= 11 is 0. The van der Waals surface area contributed by atoms with Gasteiger partial charge < -0.3 is 20.1 Å². The fourth-order valence-corrected chi connectivity index (χ4v) is 4.66. The van der Waals surface area contributed by atoms with E-state index in [9.17, 15) is 14.4 Å². The number of carbonyl (C=O) groups is 3. The maximum Gasteiger partial charge on any atom is 0.407 e. The van der Waals surface area contributed by atoms with Crippen LogP contribution in [0.4, 0.5) is 4.79 Å². The number of alkyl carbamates (subject to hydrolysis) is 1. The van der Waals surface area contributed by atoms with Crippen molar-refractivity contribution in [2.75, 3.05) is 13.2 Å². The summed E-state index contributed by atoms with van der Waals surface area (Å²) in [5, 5.41) is 11.7. The highest BCUT2D eigenvalue weighted by atomic mass is 16.5. The third-order valence-corrected chi connectivity index (χ3v) is 6.48. The van der Waals surface area contributed by atoms with Crippen LogP contribution in [0.15, 0.2) is 48.5 Å². The predicted molar refractivity (Wildman–Crippen MR) is 119 cm³/mol. The van der Waals surface area contributed by atoms with Gasteiger partial charge in [0, 0.05) is 24.9 Å². The molecule has 7 heteroatoms. The van der Waals surface area contributed by atoms with Gasteiger partial charge in [-0.1, -0.05) is 55.5 Å². The zero-order valence-corrected chi connectivity index (χ0v) is 18.1. The Bertz CT molecular complexity index is 973. The quantitative estimate of drug-likeness (QED) is 0.657. The van der Waals surface area contributed by atoms with E-state index in [1.54, 1.807) is 4.90 Å². The van der Waals surface area contributed by atoms with Gasteiger partial charge in [-0.25, -0.2) is 4.79 Å². The third kappa shape index (κ3) is 4.33. The molecule has 1 heterocycles. The normalized spacial score (nSPS) is 17.7. The fourth-order valence-electron chi connectivity index (χ4n) is 4.66. The van der Waals surface area contributed by atoms with E-state index in [0.717, 1.165) is 35.1 Å². The van der Waals surface area contributed by atoms with Crippen molar-refractivity contribution in [3.05, 3.63) is 59.7 Å². The average molecular weight is 437 g/mol. The maximum absolute atomic E-state index is 12.9. The molecule has 2 N–H and O–H groups in total. The van der Waals surface area contributed by atoms with Gasteiger partial charge in [-0.15, -0.1) is 0 Å². The summed E-state index contributed by atoms with van der Waals surface area (Å²) in [6, 6.07) is 15.4. The van der Waals surface area contributed by atoms with E-state index < -0.39 is 18.1 Å². The lowest BCUT2D eigenvalue weighted by Gasteiger charge is -2.42. The molecule has 0 saturated carbocycles. The van der Waals surface area contributed by atoms with Crippen LogP contribution in [-0.4, -0.2) is 53.2 Å². The van der Waals surface area contributed by atoms with Crippen LogP contribution < -0.4 is 5.32 Å². The monoisotopic (exact) mass is 436 g/mol. The second-order valence-corrected chi connectivity index (χ2v) is 8.34. The summed E-state index contributed by atoms with van der Waals surface area (Å²) in [6.07, 6.45) is 0.890. The van der Waals surface area contributed by atoms with Crippen LogP contribution in [0, 0.1) is 0 Å². The first kappa shape index (κ1) is 21.9. The number of amides is 2. The number of nitrogens with zero attached hydrogens (tertiary/aromatic N) is 1. The molecule has 0 spiro atoms. The number of benzene rings is 2. The molecule has 0 aromatic heterocycles. The van der Waals surface area contributed by atoms with Crippen molar-refractivity contribution in [3.8, 4) is 11.1 Å². The van der Waals surface area contributed by atoms with E-state index in [0.29, 0.717) is 6.54 Å². The highest BCUT2D eigenvalue weighted by Gasteiger charge is 2.36. The number of nitrogens with one attached hydrogen (secondary N) is 1. The second kappa shape index (κ2) is 9.42. The molecule has 2 aromatic rings. The van der Waals surface area contributed by atoms with Crippen LogP contribution in [0.1, 0.15) is 49.7 Å². The molecule has 2 atom stereocenters. The first-order chi connectivity index (χ1) is 15.5. The molecule has 32 heavy (non-hydrogen) atoms. The van der Waals surface area contributed by atoms with Crippen molar-refractivity contribution in [3.63, 3.8) is 0 Å². The van der Waals surface area contributed by atoms with Crippen molar-refractivity contribution in [1.82, 2.24) is 10.2 Å². The Morgan fingerprint density at radius 1 is 1.09 bits per heavy atom. The number of carboxylic acid groups (broad SMARTS) is 1. The van der Waals surface area contributed by atoms with Crippen molar-refractivity contribution in [2.45, 2.75) is 50.6 Å². The summed E-state index contributed by atoms with van der Waals surface area (Å²) in [6.45, 7) is 2.78. The molecule has 2 aliphatic rings. The molecular weight excluding hydrogens is 408 g/mol. The molecule has 1 aliphatic carbocycles. The molecule has 1 aliphatic heterocycles. The summed E-state index contributed by atoms with van der Waals surface area (Å²) in [7, 11) is 0. The predicted octanol–water partition coefficient (Wildman–Crippen LogP) is 3.77. The minimum absolute atomic E-state index is 0.0330. The Morgan fingerprint density at radius 2 is 1.72 bits per heavy atom. The number of rotatable bonds is 8. The molecule has 168 valence electrons. The SMILES string of the molecule is CCC1CCN1C(=O)C(CCC(=O)O)NC(=O)OCC1c2ccccc2-c2ccccc21. The summed E-state index contributed by atoms with van der Waals surface area (Å²) in [4.78, 5) is 38.3. The molecule has 1 fully saturated rings. The van der Waals surface area contributed by atoms with E-state index in [1.807, 2.05) is 43.3 Å². The molecule has 0 radical (unpaired) electrons. The second-order valence-electron chi connectivity index (χ2n) is 8.34. The first-order valence-electron chi connectivity index (χ1n) is 11.1. The molecule has 2 unspecified atom stereocenters. The van der Waals surface area contributed by atoms with Crippen LogP contribution >= 0.6 is 0 Å². The lowest BCUT2D eigenvalue weighted by atomic mass is 9.98. The van der Waals surface area contributed by atoms with Gasteiger partial charge in [0.05, 0.1) is 0 Å². The Labute approximate surface area is 187 Å². The van der Waals surface area contributed by atoms with Crippen molar-refractivity contribution < 1.29 is 24.2 Å². The highest BCUT2D eigenvalue weighted by molar-refractivity contribution is 5.87. The van der Waals surface area contributed by atoms with Crippen molar-refractivity contribution >= 4 is 18.0 Å². The Balaban J connectivity index is 1.42. The topological polar surface area (TPSA) is 95.9 Å². The third-order valence-electron chi connectivity index (χ3n) is 6.48. The largest absolute Gasteiger partial charge is 0.481 e. The van der Waals surface area contributed by atoms with Gasteiger partial charge in [0.15, 0.2) is 0 Å². The maximum atomic E-state index is 12.9. The van der Waals surface area contributed by atoms with Gasteiger partial charge in [0.1, 0.15) is 12.6 Å². The molecular formula is C25H28N2O5. The zero-order chi connectivity index (χ0) is 22.7. The molecule has 1 saturated heterocycles. The lowest BCUT2D eigenvalue weighted by molar-refractivity contribution is -0.142. The van der Waals surface area contributed by atoms with Crippen LogP contribution in [-0.2, 0) is 14.3 Å². The van der Waals surface area contributed by atoms with E-state index in [-0.39, 0.29) is 37.3 Å². The van der Waals surface area contributed by atoms with Gasteiger partial charge in [-0.3, -0.25) is 9.59 Å². The lowest BCUT2D eigenvalue weighted by Crippen LogP contribution is -2.57. The number of hydrogen-bond donors (Lipinski definition) is 2. The number of aliphatic carboxylic acids is 1. The Hall–Kier alpha value is -3.35. The Kier molecular flexibility index (Phi) is 6.44. The molecule has 2 aromatic carbocycles. The van der Waals surface area contributed by atoms with Crippen LogP contribution in [0.3, 0.4) is 0 Å². The van der Waals surface area contributed by atoms with Crippen LogP contribution in [0.5, 0.6) is 0 Å². The number of ether oxygens (including phenoxy) is 1. The summed E-state index contributed by atoms with van der Waals surface area (Å²) < 4.78 is 5.54. The van der Waals surface area contributed by atoms with E-state index in [4.69, 9.17) is 9.84 Å². The first-order valence-corrected chi connectivity index (χ1v) is 11.1. The van der Waals surface area contributed by atoms with Crippen LogP contribution in [0.25, 0.3) is 11.1 Å². The molecule has 0 bridgehead atoms. The molecule has 2 amide bonds. The minimum atomic E-state index is -1.01. The standard InChI is InChI=1S/C25H28N2O5/c1-2-16-13-14-27(16)24(30)22(11-12-23(28)29)26-25(31)32-15-21-19-9-5-3-7-17(19)18-8-4-6-10-20(18)21/h3-10,16,21-22H,2,11-15H2,1H3,(H,26,31)(H,28,29). The highest BCUT2D eigenvalue weighted by Crippen LogP contribution is 2.44. The Morgan fingerprint density at radius 3 is 2.25 bits per heavy atom. The van der Waals surface area contributed by atoms with E-state index in [1.165, 1.54) is 0 Å². The number of likely N-dealkylation sites (tertiary alicyclic amines) is 1.